The number of anilines is 1. The number of nitrogens with zero attached hydrogens (tertiary/aromatic N) is 5. The molecular weight excluding hydrogens is 300 g/mol. The molecule has 1 saturated heterocycles. The van der Waals surface area contributed by atoms with Gasteiger partial charge >= 0.3 is 0 Å². The molecule has 2 aromatic heterocycles. The average molecular weight is 328 g/mol. The molecule has 1 aliphatic heterocycles. The van der Waals surface area contributed by atoms with Crippen molar-refractivity contribution in [2.75, 3.05) is 25.0 Å². The van der Waals surface area contributed by atoms with Crippen molar-refractivity contribution in [2.45, 2.75) is 51.5 Å². The number of piperidine rings is 1. The summed E-state index contributed by atoms with van der Waals surface area (Å²) in [7, 11) is 1.93. The minimum Gasteiger partial charge on any atom is -0.369 e. The number of fused-ring (bicyclic) bond motifs is 1. The molecule has 2 aliphatic rings. The van der Waals surface area contributed by atoms with Gasteiger partial charge in [-0.3, -0.25) is 4.68 Å². The Bertz CT molecular complexity index is 695. The smallest absolute Gasteiger partial charge is 0.163 e. The summed E-state index contributed by atoms with van der Waals surface area (Å²) >= 11 is 0. The lowest BCUT2D eigenvalue weighted by atomic mass is 9.95. The van der Waals surface area contributed by atoms with Gasteiger partial charge in [-0.15, -0.1) is 0 Å². The molecular formula is C18H28N6. The van der Waals surface area contributed by atoms with Crippen LogP contribution in [0.25, 0.3) is 11.0 Å². The zero-order chi connectivity index (χ0) is 16.5. The molecule has 1 aliphatic carbocycles. The standard InChI is InChI=1S/C18H28N6/c1-13-21-17(16-12-20-23(2)18(16)22-13)19-11-14-7-9-24(10-8-14)15-5-3-4-6-15/h12,14-15H,3-11H2,1-2H3,(H,19,21,22). The number of likely N-dealkylation sites (tertiary alicyclic amines) is 1. The van der Waals surface area contributed by atoms with Crippen LogP contribution < -0.4 is 5.32 Å². The highest BCUT2D eigenvalue weighted by Gasteiger charge is 2.27. The van der Waals surface area contributed by atoms with Crippen LogP contribution in [0.4, 0.5) is 5.82 Å². The van der Waals surface area contributed by atoms with Gasteiger partial charge in [-0.25, -0.2) is 9.97 Å². The Morgan fingerprint density at radius 1 is 1.12 bits per heavy atom. The second kappa shape index (κ2) is 6.67. The molecule has 130 valence electrons. The molecule has 0 unspecified atom stereocenters. The topological polar surface area (TPSA) is 58.9 Å². The fraction of sp³-hybridized carbons (Fsp3) is 0.722. The normalized spacial score (nSPS) is 20.9. The van der Waals surface area contributed by atoms with Gasteiger partial charge in [0.25, 0.3) is 0 Å². The molecule has 0 atom stereocenters. The zero-order valence-corrected chi connectivity index (χ0v) is 14.8. The largest absolute Gasteiger partial charge is 0.369 e. The molecule has 0 aromatic carbocycles. The van der Waals surface area contributed by atoms with E-state index in [-0.39, 0.29) is 0 Å². The molecule has 2 aromatic rings. The Balaban J connectivity index is 1.36. The molecule has 0 radical (unpaired) electrons. The van der Waals surface area contributed by atoms with Crippen LogP contribution in [-0.4, -0.2) is 50.3 Å². The zero-order valence-electron chi connectivity index (χ0n) is 14.8. The molecule has 1 saturated carbocycles. The van der Waals surface area contributed by atoms with Gasteiger partial charge < -0.3 is 10.2 Å². The molecule has 24 heavy (non-hydrogen) atoms. The second-order valence-corrected chi connectivity index (χ2v) is 7.42. The number of aromatic nitrogens is 4. The summed E-state index contributed by atoms with van der Waals surface area (Å²) in [5, 5.41) is 8.91. The third-order valence-electron chi connectivity index (χ3n) is 5.75. The van der Waals surface area contributed by atoms with Gasteiger partial charge in [-0.1, -0.05) is 12.8 Å². The van der Waals surface area contributed by atoms with Crippen LogP contribution in [0.15, 0.2) is 6.20 Å². The van der Waals surface area contributed by atoms with Crippen molar-refractivity contribution >= 4 is 16.9 Å². The third-order valence-corrected chi connectivity index (χ3v) is 5.75. The van der Waals surface area contributed by atoms with E-state index in [1.165, 1.54) is 51.6 Å². The van der Waals surface area contributed by atoms with Crippen molar-refractivity contribution in [1.82, 2.24) is 24.6 Å². The maximum absolute atomic E-state index is 4.59. The minimum absolute atomic E-state index is 0.740. The SMILES string of the molecule is Cc1nc(NCC2CCN(C3CCCC3)CC2)c2cnn(C)c2n1. The first-order valence-corrected chi connectivity index (χ1v) is 9.35. The van der Waals surface area contributed by atoms with Crippen LogP contribution in [0.3, 0.4) is 0 Å². The van der Waals surface area contributed by atoms with E-state index in [1.807, 2.05) is 24.9 Å². The number of hydrogen-bond acceptors (Lipinski definition) is 5. The predicted octanol–water partition coefficient (Wildman–Crippen LogP) is 2.74. The van der Waals surface area contributed by atoms with Crippen LogP contribution in [0.1, 0.15) is 44.3 Å². The van der Waals surface area contributed by atoms with Crippen molar-refractivity contribution in [2.24, 2.45) is 13.0 Å². The molecule has 2 fully saturated rings. The van der Waals surface area contributed by atoms with E-state index in [0.717, 1.165) is 41.2 Å². The van der Waals surface area contributed by atoms with Crippen LogP contribution in [0, 0.1) is 12.8 Å². The number of rotatable bonds is 4. The van der Waals surface area contributed by atoms with Gasteiger partial charge in [-0.05, 0) is 51.6 Å². The van der Waals surface area contributed by atoms with E-state index in [2.05, 4.69) is 25.3 Å². The van der Waals surface area contributed by atoms with Gasteiger partial charge in [0.1, 0.15) is 11.6 Å². The van der Waals surface area contributed by atoms with E-state index in [0.29, 0.717) is 0 Å². The molecule has 6 nitrogen and oxygen atoms in total. The van der Waals surface area contributed by atoms with Crippen LogP contribution in [-0.2, 0) is 7.05 Å². The van der Waals surface area contributed by atoms with E-state index in [9.17, 15) is 0 Å². The van der Waals surface area contributed by atoms with E-state index >= 15 is 0 Å². The second-order valence-electron chi connectivity index (χ2n) is 7.42. The molecule has 1 N–H and O–H groups in total. The lowest BCUT2D eigenvalue weighted by Gasteiger charge is -2.36. The van der Waals surface area contributed by atoms with Gasteiger partial charge in [-0.2, -0.15) is 5.10 Å². The fourth-order valence-corrected chi connectivity index (χ4v) is 4.30. The predicted molar refractivity (Wildman–Crippen MR) is 96.1 cm³/mol. The van der Waals surface area contributed by atoms with Crippen LogP contribution in [0.5, 0.6) is 0 Å². The lowest BCUT2D eigenvalue weighted by molar-refractivity contribution is 0.138. The average Bonchev–Trinajstić information content (AvgIpc) is 3.24. The van der Waals surface area contributed by atoms with Gasteiger partial charge in [0.2, 0.25) is 0 Å². The summed E-state index contributed by atoms with van der Waals surface area (Å²) in [6.45, 7) is 5.47. The Labute approximate surface area is 143 Å². The molecule has 0 bridgehead atoms. The lowest BCUT2D eigenvalue weighted by Crippen LogP contribution is -2.41. The quantitative estimate of drug-likeness (QED) is 0.935. The van der Waals surface area contributed by atoms with Crippen molar-refractivity contribution < 1.29 is 0 Å². The van der Waals surface area contributed by atoms with E-state index < -0.39 is 0 Å². The highest BCUT2D eigenvalue weighted by Crippen LogP contribution is 2.28. The number of nitrogens with one attached hydrogen (secondary N) is 1. The highest BCUT2D eigenvalue weighted by atomic mass is 15.3. The molecule has 4 rings (SSSR count). The monoisotopic (exact) mass is 328 g/mol. The summed E-state index contributed by atoms with van der Waals surface area (Å²) in [6, 6.07) is 0.874. The number of hydrogen-bond donors (Lipinski definition) is 1. The summed E-state index contributed by atoms with van der Waals surface area (Å²) in [5.41, 5.74) is 0.904. The molecule has 0 amide bonds. The molecule has 0 spiro atoms. The molecule has 3 heterocycles. The maximum atomic E-state index is 4.59. The molecule has 6 heteroatoms. The summed E-state index contributed by atoms with van der Waals surface area (Å²) in [4.78, 5) is 11.8. The van der Waals surface area contributed by atoms with Gasteiger partial charge in [0.15, 0.2) is 5.65 Å². The highest BCUT2D eigenvalue weighted by molar-refractivity contribution is 5.86. The van der Waals surface area contributed by atoms with Crippen molar-refractivity contribution in [3.63, 3.8) is 0 Å². The first kappa shape index (κ1) is 15.8. The number of aryl methyl sites for hydroxylation is 2. The summed E-state index contributed by atoms with van der Waals surface area (Å²) < 4.78 is 1.81. The summed E-state index contributed by atoms with van der Waals surface area (Å²) in [5.74, 6) is 2.47. The maximum Gasteiger partial charge on any atom is 0.163 e. The van der Waals surface area contributed by atoms with Crippen molar-refractivity contribution in [1.29, 1.82) is 0 Å². The third kappa shape index (κ3) is 3.11. The van der Waals surface area contributed by atoms with Gasteiger partial charge in [0, 0.05) is 19.6 Å². The Morgan fingerprint density at radius 2 is 1.88 bits per heavy atom. The first-order valence-electron chi connectivity index (χ1n) is 9.35. The van der Waals surface area contributed by atoms with E-state index in [4.69, 9.17) is 0 Å². The van der Waals surface area contributed by atoms with Crippen molar-refractivity contribution in [3.05, 3.63) is 12.0 Å². The minimum atomic E-state index is 0.740. The fourth-order valence-electron chi connectivity index (χ4n) is 4.30. The first-order chi connectivity index (χ1) is 11.7. The van der Waals surface area contributed by atoms with Crippen LogP contribution in [0.2, 0.25) is 0 Å². The summed E-state index contributed by atoms with van der Waals surface area (Å²) in [6.07, 6.45) is 10.2. The Morgan fingerprint density at radius 3 is 2.62 bits per heavy atom. The Hall–Kier alpha value is -1.69. The van der Waals surface area contributed by atoms with Crippen LogP contribution >= 0.6 is 0 Å². The van der Waals surface area contributed by atoms with Crippen molar-refractivity contribution in [3.8, 4) is 0 Å². The van der Waals surface area contributed by atoms with E-state index in [1.54, 1.807) is 0 Å². The van der Waals surface area contributed by atoms with Gasteiger partial charge in [0.05, 0.1) is 11.6 Å². The Kier molecular flexibility index (Phi) is 4.39.